The maximum atomic E-state index is 10.7. The van der Waals surface area contributed by atoms with Gasteiger partial charge in [-0.25, -0.2) is 4.98 Å². The Morgan fingerprint density at radius 1 is 1.69 bits per heavy atom. The molecule has 0 bridgehead atoms. The van der Waals surface area contributed by atoms with Crippen LogP contribution in [0.25, 0.3) is 0 Å². The van der Waals surface area contributed by atoms with Crippen LogP contribution in [0.3, 0.4) is 0 Å². The van der Waals surface area contributed by atoms with Crippen LogP contribution in [0, 0.1) is 0 Å². The standard InChI is InChI=1S/C8H9ClN2O2/c1-5(12)11-7-4-10-8(13-2)3-6(7)9/h3-4H,1-2H3,(H,11,12). The van der Waals surface area contributed by atoms with Crippen LogP contribution >= 0.6 is 11.6 Å². The van der Waals surface area contributed by atoms with Crippen LogP contribution in [0.4, 0.5) is 5.69 Å². The van der Waals surface area contributed by atoms with E-state index in [9.17, 15) is 4.79 Å². The third-order valence-corrected chi connectivity index (χ3v) is 1.66. The lowest BCUT2D eigenvalue weighted by molar-refractivity contribution is -0.114. The van der Waals surface area contributed by atoms with E-state index in [0.29, 0.717) is 16.6 Å². The lowest BCUT2D eigenvalue weighted by atomic mass is 10.4. The first-order valence-corrected chi connectivity index (χ1v) is 3.98. The second kappa shape index (κ2) is 4.09. The first-order valence-electron chi connectivity index (χ1n) is 3.60. The summed E-state index contributed by atoms with van der Waals surface area (Å²) in [6, 6.07) is 1.53. The predicted octanol–water partition coefficient (Wildman–Crippen LogP) is 1.70. The summed E-state index contributed by atoms with van der Waals surface area (Å²) in [5.74, 6) is 0.230. The van der Waals surface area contributed by atoms with Crippen molar-refractivity contribution < 1.29 is 9.53 Å². The van der Waals surface area contributed by atoms with Gasteiger partial charge in [-0.1, -0.05) is 11.6 Å². The molecule has 0 atom stereocenters. The van der Waals surface area contributed by atoms with Crippen molar-refractivity contribution in [2.75, 3.05) is 12.4 Å². The van der Waals surface area contributed by atoms with Crippen molar-refractivity contribution in [2.45, 2.75) is 6.92 Å². The molecular weight excluding hydrogens is 192 g/mol. The largest absolute Gasteiger partial charge is 0.481 e. The molecule has 0 fully saturated rings. The van der Waals surface area contributed by atoms with Gasteiger partial charge in [0.2, 0.25) is 11.8 Å². The van der Waals surface area contributed by atoms with Crippen molar-refractivity contribution in [1.29, 1.82) is 0 Å². The maximum absolute atomic E-state index is 10.7. The molecule has 1 aromatic heterocycles. The number of ether oxygens (including phenoxy) is 1. The molecule has 0 saturated carbocycles. The number of nitrogens with zero attached hydrogens (tertiary/aromatic N) is 1. The fourth-order valence-corrected chi connectivity index (χ4v) is 0.996. The third kappa shape index (κ3) is 2.59. The van der Waals surface area contributed by atoms with Crippen LogP contribution in [-0.2, 0) is 4.79 Å². The van der Waals surface area contributed by atoms with Gasteiger partial charge in [0.25, 0.3) is 0 Å². The number of halogens is 1. The fourth-order valence-electron chi connectivity index (χ4n) is 0.807. The predicted molar refractivity (Wildman–Crippen MR) is 50.1 cm³/mol. The summed E-state index contributed by atoms with van der Waals surface area (Å²) in [7, 11) is 1.50. The molecule has 0 saturated heterocycles. The first kappa shape index (κ1) is 9.80. The Hall–Kier alpha value is -1.29. The van der Waals surface area contributed by atoms with Crippen LogP contribution in [0.15, 0.2) is 12.3 Å². The van der Waals surface area contributed by atoms with Crippen LogP contribution in [0.2, 0.25) is 5.02 Å². The van der Waals surface area contributed by atoms with E-state index in [2.05, 4.69) is 10.3 Å². The van der Waals surface area contributed by atoms with Gasteiger partial charge < -0.3 is 10.1 Å². The van der Waals surface area contributed by atoms with E-state index >= 15 is 0 Å². The minimum Gasteiger partial charge on any atom is -0.481 e. The number of nitrogens with one attached hydrogen (secondary N) is 1. The van der Waals surface area contributed by atoms with E-state index in [1.807, 2.05) is 0 Å². The third-order valence-electron chi connectivity index (χ3n) is 1.35. The van der Waals surface area contributed by atoms with Gasteiger partial charge in [0, 0.05) is 13.0 Å². The number of methoxy groups -OCH3 is 1. The number of carbonyl (C=O) groups is 1. The van der Waals surface area contributed by atoms with E-state index < -0.39 is 0 Å². The Morgan fingerprint density at radius 2 is 2.38 bits per heavy atom. The minimum absolute atomic E-state index is 0.186. The molecule has 70 valence electrons. The van der Waals surface area contributed by atoms with Gasteiger partial charge in [-0.15, -0.1) is 0 Å². The highest BCUT2D eigenvalue weighted by atomic mass is 35.5. The van der Waals surface area contributed by atoms with Gasteiger partial charge in [0.15, 0.2) is 0 Å². The zero-order chi connectivity index (χ0) is 9.84. The zero-order valence-corrected chi connectivity index (χ0v) is 8.05. The quantitative estimate of drug-likeness (QED) is 0.791. The Kier molecular flexibility index (Phi) is 3.08. The normalized spacial score (nSPS) is 9.46. The summed E-state index contributed by atoms with van der Waals surface area (Å²) in [5, 5.41) is 2.94. The lowest BCUT2D eigenvalue weighted by Crippen LogP contribution is -2.06. The zero-order valence-electron chi connectivity index (χ0n) is 7.30. The topological polar surface area (TPSA) is 51.2 Å². The summed E-state index contributed by atoms with van der Waals surface area (Å²) in [5.41, 5.74) is 0.481. The van der Waals surface area contributed by atoms with Crippen LogP contribution in [-0.4, -0.2) is 18.0 Å². The molecule has 13 heavy (non-hydrogen) atoms. The Labute approximate surface area is 80.9 Å². The van der Waals surface area contributed by atoms with Gasteiger partial charge in [-0.2, -0.15) is 0 Å². The Bertz CT molecular complexity index is 328. The van der Waals surface area contributed by atoms with Crippen molar-refractivity contribution in [1.82, 2.24) is 4.98 Å². The monoisotopic (exact) mass is 200 g/mol. The highest BCUT2D eigenvalue weighted by molar-refractivity contribution is 6.33. The molecule has 4 nitrogen and oxygen atoms in total. The summed E-state index contributed by atoms with van der Waals surface area (Å²) < 4.78 is 4.85. The first-order chi connectivity index (χ1) is 6.13. The average Bonchev–Trinajstić information content (AvgIpc) is 2.08. The van der Waals surface area contributed by atoms with E-state index in [1.54, 1.807) is 0 Å². The minimum atomic E-state index is -0.186. The molecule has 0 aromatic carbocycles. The Morgan fingerprint density at radius 3 is 2.85 bits per heavy atom. The summed E-state index contributed by atoms with van der Waals surface area (Å²) in [6.07, 6.45) is 1.45. The van der Waals surface area contributed by atoms with Gasteiger partial charge in [0.1, 0.15) is 0 Å². The molecule has 1 amide bonds. The van der Waals surface area contributed by atoms with Crippen molar-refractivity contribution in [2.24, 2.45) is 0 Å². The second-order valence-corrected chi connectivity index (χ2v) is 2.79. The summed E-state index contributed by atoms with van der Waals surface area (Å²) >= 11 is 5.82. The van der Waals surface area contributed by atoms with Gasteiger partial charge >= 0.3 is 0 Å². The molecule has 1 N–H and O–H groups in total. The highest BCUT2D eigenvalue weighted by Crippen LogP contribution is 2.23. The van der Waals surface area contributed by atoms with Crippen molar-refractivity contribution >= 4 is 23.2 Å². The van der Waals surface area contributed by atoms with Gasteiger partial charge in [-0.3, -0.25) is 4.79 Å². The van der Waals surface area contributed by atoms with E-state index in [0.717, 1.165) is 0 Å². The highest BCUT2D eigenvalue weighted by Gasteiger charge is 2.03. The average molecular weight is 201 g/mol. The molecule has 0 aliphatic heterocycles. The summed E-state index contributed by atoms with van der Waals surface area (Å²) in [6.45, 7) is 1.40. The summed E-state index contributed by atoms with van der Waals surface area (Å²) in [4.78, 5) is 14.6. The maximum Gasteiger partial charge on any atom is 0.221 e. The molecule has 0 aliphatic rings. The molecule has 0 aliphatic carbocycles. The molecule has 5 heteroatoms. The fraction of sp³-hybridized carbons (Fsp3) is 0.250. The van der Waals surface area contributed by atoms with Crippen LogP contribution in [0.5, 0.6) is 5.88 Å². The number of rotatable bonds is 2. The van der Waals surface area contributed by atoms with E-state index in [1.165, 1.54) is 26.3 Å². The number of carbonyl (C=O) groups excluding carboxylic acids is 1. The smallest absolute Gasteiger partial charge is 0.221 e. The number of hydrogen-bond donors (Lipinski definition) is 1. The van der Waals surface area contributed by atoms with Gasteiger partial charge in [-0.05, 0) is 0 Å². The Balaban J connectivity index is 2.91. The van der Waals surface area contributed by atoms with E-state index in [-0.39, 0.29) is 5.91 Å². The number of pyridine rings is 1. The van der Waals surface area contributed by atoms with Crippen LogP contribution in [0.1, 0.15) is 6.92 Å². The van der Waals surface area contributed by atoms with Gasteiger partial charge in [0.05, 0.1) is 24.0 Å². The van der Waals surface area contributed by atoms with Crippen molar-refractivity contribution in [3.8, 4) is 5.88 Å². The van der Waals surface area contributed by atoms with Crippen LogP contribution < -0.4 is 10.1 Å². The molecular formula is C8H9ClN2O2. The van der Waals surface area contributed by atoms with Crippen molar-refractivity contribution in [3.05, 3.63) is 17.3 Å². The molecule has 1 aromatic rings. The molecule has 0 unspecified atom stereocenters. The van der Waals surface area contributed by atoms with Crippen molar-refractivity contribution in [3.63, 3.8) is 0 Å². The number of anilines is 1. The molecule has 0 radical (unpaired) electrons. The van der Waals surface area contributed by atoms with E-state index in [4.69, 9.17) is 16.3 Å². The SMILES string of the molecule is COc1cc(Cl)c(NC(C)=O)cn1. The number of aromatic nitrogens is 1. The number of hydrogen-bond acceptors (Lipinski definition) is 3. The molecule has 1 rings (SSSR count). The molecule has 1 heterocycles. The molecule has 0 spiro atoms. The second-order valence-electron chi connectivity index (χ2n) is 2.39. The number of amides is 1. The lowest BCUT2D eigenvalue weighted by Gasteiger charge is -2.05.